The van der Waals surface area contributed by atoms with Gasteiger partial charge in [-0.25, -0.2) is 0 Å². The Hall–Kier alpha value is -3.80. The first-order chi connectivity index (χ1) is 17.3. The van der Waals surface area contributed by atoms with Gasteiger partial charge in [-0.1, -0.05) is 55.0 Å². The number of phenolic OH excluding ortho intramolecular Hbond substituents is 1. The molecule has 6 nitrogen and oxygen atoms in total. The summed E-state index contributed by atoms with van der Waals surface area (Å²) in [6.07, 6.45) is 4.70. The molecule has 2 aromatic rings. The standard InChI is InChI=1S/C30H27NO5/c1-3-12-31-29(35)20-11-10-18-21(25(20)30(31)36)14-22-23(32)13-15(2)27(33)26(22)24(18)19-9-8-16-6-4-5-7-17(16)28(19)34/h4-10,13,20-21,24-25,34H,3,11-12,14H2,1-2H3. The molecule has 0 radical (unpaired) electrons. The fraction of sp³-hybridized carbons (Fsp3) is 0.333. The molecule has 6 heteroatoms. The number of likely N-dealkylation sites (tertiary alicyclic amines) is 1. The molecule has 182 valence electrons. The Morgan fingerprint density at radius 3 is 2.56 bits per heavy atom. The number of ketones is 2. The lowest BCUT2D eigenvalue weighted by molar-refractivity contribution is -0.140. The van der Waals surface area contributed by atoms with Crippen LogP contribution in [0.5, 0.6) is 5.75 Å². The summed E-state index contributed by atoms with van der Waals surface area (Å²) >= 11 is 0. The molecule has 1 N–H and O–H groups in total. The summed E-state index contributed by atoms with van der Waals surface area (Å²) in [6.45, 7) is 3.96. The molecule has 1 saturated heterocycles. The highest BCUT2D eigenvalue weighted by atomic mass is 16.3. The van der Waals surface area contributed by atoms with Crippen molar-refractivity contribution in [2.75, 3.05) is 6.54 Å². The average molecular weight is 482 g/mol. The van der Waals surface area contributed by atoms with E-state index in [1.165, 1.54) is 11.0 Å². The first-order valence-corrected chi connectivity index (χ1v) is 12.6. The maximum Gasteiger partial charge on any atom is 0.233 e. The van der Waals surface area contributed by atoms with Gasteiger partial charge in [-0.3, -0.25) is 24.1 Å². The highest BCUT2D eigenvalue weighted by Crippen LogP contribution is 2.56. The summed E-state index contributed by atoms with van der Waals surface area (Å²) in [6, 6.07) is 11.2. The quantitative estimate of drug-likeness (QED) is 0.399. The van der Waals surface area contributed by atoms with Crippen molar-refractivity contribution >= 4 is 34.2 Å². The van der Waals surface area contributed by atoms with Gasteiger partial charge in [0, 0.05) is 40.1 Å². The number of amides is 2. The van der Waals surface area contributed by atoms with E-state index >= 15 is 0 Å². The van der Waals surface area contributed by atoms with Crippen LogP contribution in [0.15, 0.2) is 70.8 Å². The van der Waals surface area contributed by atoms with Crippen molar-refractivity contribution in [3.8, 4) is 5.75 Å². The molecule has 1 aliphatic heterocycles. The van der Waals surface area contributed by atoms with Crippen LogP contribution in [0, 0.1) is 17.8 Å². The van der Waals surface area contributed by atoms with Gasteiger partial charge >= 0.3 is 0 Å². The first kappa shape index (κ1) is 22.7. The fourth-order valence-corrected chi connectivity index (χ4v) is 6.73. The monoisotopic (exact) mass is 481 g/mol. The van der Waals surface area contributed by atoms with Gasteiger partial charge in [-0.15, -0.1) is 0 Å². The van der Waals surface area contributed by atoms with Crippen molar-refractivity contribution < 1.29 is 24.3 Å². The minimum absolute atomic E-state index is 0.0718. The van der Waals surface area contributed by atoms with Crippen LogP contribution in [0.3, 0.4) is 0 Å². The Morgan fingerprint density at radius 2 is 1.78 bits per heavy atom. The zero-order chi connectivity index (χ0) is 25.3. The maximum absolute atomic E-state index is 13.5. The number of carbonyl (C=O) groups excluding carboxylic acids is 4. The number of fused-ring (bicyclic) bond motifs is 4. The summed E-state index contributed by atoms with van der Waals surface area (Å²) in [5, 5.41) is 12.9. The van der Waals surface area contributed by atoms with Crippen LogP contribution in [-0.2, 0) is 19.2 Å². The van der Waals surface area contributed by atoms with Crippen molar-refractivity contribution in [1.82, 2.24) is 4.90 Å². The van der Waals surface area contributed by atoms with Crippen LogP contribution in [0.25, 0.3) is 10.8 Å². The molecular weight excluding hydrogens is 454 g/mol. The average Bonchev–Trinajstić information content (AvgIpc) is 3.12. The summed E-state index contributed by atoms with van der Waals surface area (Å²) in [5.74, 6) is -2.71. The van der Waals surface area contributed by atoms with Crippen LogP contribution in [0.4, 0.5) is 0 Å². The fourth-order valence-electron chi connectivity index (χ4n) is 6.73. The lowest BCUT2D eigenvalue weighted by Crippen LogP contribution is -2.39. The highest BCUT2D eigenvalue weighted by Gasteiger charge is 2.56. The van der Waals surface area contributed by atoms with Gasteiger partial charge < -0.3 is 5.11 Å². The van der Waals surface area contributed by atoms with Crippen molar-refractivity contribution in [2.24, 2.45) is 17.8 Å². The molecule has 2 amide bonds. The predicted molar refractivity (Wildman–Crippen MR) is 134 cm³/mol. The number of imide groups is 1. The number of benzene rings is 2. The lowest BCUT2D eigenvalue weighted by Gasteiger charge is -2.42. The SMILES string of the molecule is CCCN1C(=O)C2CC=C3C(c4ccc5ccccc5c4O)C4=C(CC3C2C1=O)C(=O)C=C(C)C4=O. The van der Waals surface area contributed by atoms with Gasteiger partial charge in [-0.05, 0) is 43.6 Å². The van der Waals surface area contributed by atoms with Crippen molar-refractivity contribution in [1.29, 1.82) is 0 Å². The number of nitrogens with zero attached hydrogens (tertiary/aromatic N) is 1. The molecule has 0 aromatic heterocycles. The van der Waals surface area contributed by atoms with Gasteiger partial charge in [0.05, 0.1) is 11.8 Å². The zero-order valence-electron chi connectivity index (χ0n) is 20.3. The Labute approximate surface area is 209 Å². The van der Waals surface area contributed by atoms with Gasteiger partial charge in [0.25, 0.3) is 0 Å². The molecule has 0 saturated carbocycles. The molecular formula is C30H27NO5. The summed E-state index contributed by atoms with van der Waals surface area (Å²) in [4.78, 5) is 54.7. The van der Waals surface area contributed by atoms with Crippen LogP contribution in [0.2, 0.25) is 0 Å². The zero-order valence-corrected chi connectivity index (χ0v) is 20.3. The number of aromatic hydroxyl groups is 1. The van der Waals surface area contributed by atoms with E-state index in [2.05, 4.69) is 0 Å². The number of rotatable bonds is 3. The largest absolute Gasteiger partial charge is 0.507 e. The Bertz CT molecular complexity index is 1480. The molecule has 2 aromatic carbocycles. The van der Waals surface area contributed by atoms with E-state index < -0.39 is 17.8 Å². The topological polar surface area (TPSA) is 91.8 Å². The summed E-state index contributed by atoms with van der Waals surface area (Å²) in [7, 11) is 0. The molecule has 6 rings (SSSR count). The third-order valence-electron chi connectivity index (χ3n) is 8.35. The van der Waals surface area contributed by atoms with Crippen LogP contribution >= 0.6 is 0 Å². The van der Waals surface area contributed by atoms with E-state index in [-0.39, 0.29) is 41.5 Å². The number of phenols is 1. The van der Waals surface area contributed by atoms with E-state index in [0.29, 0.717) is 47.1 Å². The van der Waals surface area contributed by atoms with Crippen molar-refractivity contribution in [3.63, 3.8) is 0 Å². The molecule has 4 unspecified atom stereocenters. The van der Waals surface area contributed by atoms with E-state index in [0.717, 1.165) is 11.0 Å². The normalized spacial score (nSPS) is 27.7. The van der Waals surface area contributed by atoms with Gasteiger partial charge in [0.1, 0.15) is 5.75 Å². The highest BCUT2D eigenvalue weighted by molar-refractivity contribution is 6.24. The van der Waals surface area contributed by atoms with E-state index in [1.807, 2.05) is 49.4 Å². The maximum atomic E-state index is 13.5. The number of hydrogen-bond acceptors (Lipinski definition) is 5. The molecule has 4 aliphatic rings. The molecule has 0 spiro atoms. The molecule has 36 heavy (non-hydrogen) atoms. The smallest absolute Gasteiger partial charge is 0.233 e. The Balaban J connectivity index is 1.56. The first-order valence-electron chi connectivity index (χ1n) is 12.6. The number of hydrogen-bond donors (Lipinski definition) is 1. The molecule has 0 bridgehead atoms. The van der Waals surface area contributed by atoms with Gasteiger partial charge in [0.2, 0.25) is 11.8 Å². The minimum Gasteiger partial charge on any atom is -0.507 e. The Morgan fingerprint density at radius 1 is 1.00 bits per heavy atom. The minimum atomic E-state index is -0.646. The third kappa shape index (κ3) is 3.03. The van der Waals surface area contributed by atoms with Crippen LogP contribution in [-0.4, -0.2) is 39.9 Å². The second kappa shape index (κ2) is 8.12. The van der Waals surface area contributed by atoms with E-state index in [9.17, 15) is 24.3 Å². The van der Waals surface area contributed by atoms with Crippen LogP contribution < -0.4 is 0 Å². The number of Topliss-reactive ketones (excluding diaryl/α,β-unsaturated/α-hetero) is 1. The summed E-state index contributed by atoms with van der Waals surface area (Å²) in [5.41, 5.74) is 2.58. The molecule has 1 fully saturated rings. The second-order valence-electron chi connectivity index (χ2n) is 10.3. The van der Waals surface area contributed by atoms with Gasteiger partial charge in [0.15, 0.2) is 11.6 Å². The summed E-state index contributed by atoms with van der Waals surface area (Å²) < 4.78 is 0. The molecule has 4 atom stereocenters. The van der Waals surface area contributed by atoms with E-state index in [1.54, 1.807) is 6.92 Å². The Kier molecular flexibility index (Phi) is 5.11. The predicted octanol–water partition coefficient (Wildman–Crippen LogP) is 4.38. The third-order valence-corrected chi connectivity index (χ3v) is 8.35. The van der Waals surface area contributed by atoms with Crippen molar-refractivity contribution in [2.45, 2.75) is 39.0 Å². The number of allylic oxidation sites excluding steroid dienone is 6. The number of carbonyl (C=O) groups is 4. The lowest BCUT2D eigenvalue weighted by atomic mass is 9.59. The van der Waals surface area contributed by atoms with Crippen LogP contribution in [0.1, 0.15) is 44.6 Å². The van der Waals surface area contributed by atoms with E-state index in [4.69, 9.17) is 0 Å². The van der Waals surface area contributed by atoms with Gasteiger partial charge in [-0.2, -0.15) is 0 Å². The molecule has 3 aliphatic carbocycles. The molecule has 1 heterocycles. The van der Waals surface area contributed by atoms with Crippen molar-refractivity contribution in [3.05, 3.63) is 76.4 Å². The second-order valence-corrected chi connectivity index (χ2v) is 10.3.